The van der Waals surface area contributed by atoms with E-state index in [1.165, 1.54) is 25.8 Å². The summed E-state index contributed by atoms with van der Waals surface area (Å²) >= 11 is 0. The van der Waals surface area contributed by atoms with Crippen LogP contribution >= 0.6 is 0 Å². The smallest absolute Gasteiger partial charge is 0.00101 e. The van der Waals surface area contributed by atoms with E-state index in [9.17, 15) is 0 Å². The van der Waals surface area contributed by atoms with Crippen LogP contribution in [0.5, 0.6) is 0 Å². The Morgan fingerprint density at radius 2 is 2.00 bits per heavy atom. The van der Waals surface area contributed by atoms with Crippen molar-refractivity contribution in [3.63, 3.8) is 0 Å². The van der Waals surface area contributed by atoms with E-state index in [4.69, 9.17) is 0 Å². The first-order valence-corrected chi connectivity index (χ1v) is 4.92. The molecule has 0 heterocycles. The maximum Gasteiger partial charge on any atom is 0.00101 e. The van der Waals surface area contributed by atoms with E-state index in [0.717, 1.165) is 12.5 Å². The van der Waals surface area contributed by atoms with Crippen molar-refractivity contribution in [2.75, 3.05) is 13.1 Å². The van der Waals surface area contributed by atoms with Gasteiger partial charge in [-0.05, 0) is 30.7 Å². The van der Waals surface area contributed by atoms with Crippen molar-refractivity contribution >= 4 is 0 Å². The van der Waals surface area contributed by atoms with Gasteiger partial charge in [0.15, 0.2) is 0 Å². The van der Waals surface area contributed by atoms with Crippen molar-refractivity contribution in [2.45, 2.75) is 40.0 Å². The lowest BCUT2D eigenvalue weighted by atomic mass is 9.62. The zero-order chi connectivity index (χ0) is 8.32. The standard InChI is InChI=1S/C10H21N/c1-4-11-8-10(9(2)3)6-5-7-10/h9,11H,4-8H2,1-3H3. The molecule has 0 radical (unpaired) electrons. The monoisotopic (exact) mass is 155 g/mol. The van der Waals surface area contributed by atoms with Crippen molar-refractivity contribution in [3.05, 3.63) is 0 Å². The fourth-order valence-corrected chi connectivity index (χ4v) is 1.96. The normalized spacial score (nSPS) is 21.8. The number of nitrogens with one attached hydrogen (secondary N) is 1. The molecule has 0 atom stereocenters. The van der Waals surface area contributed by atoms with E-state index in [-0.39, 0.29) is 0 Å². The molecule has 1 saturated carbocycles. The average Bonchev–Trinajstić information content (AvgIpc) is 1.85. The largest absolute Gasteiger partial charge is 0.316 e. The predicted molar refractivity (Wildman–Crippen MR) is 49.7 cm³/mol. The molecule has 0 spiro atoms. The van der Waals surface area contributed by atoms with Gasteiger partial charge in [0, 0.05) is 6.54 Å². The summed E-state index contributed by atoms with van der Waals surface area (Å²) in [6, 6.07) is 0. The molecule has 1 heteroatoms. The summed E-state index contributed by atoms with van der Waals surface area (Å²) in [7, 11) is 0. The molecule has 1 fully saturated rings. The highest BCUT2D eigenvalue weighted by Gasteiger charge is 2.38. The maximum absolute atomic E-state index is 3.47. The topological polar surface area (TPSA) is 12.0 Å². The average molecular weight is 155 g/mol. The molecule has 0 aromatic heterocycles. The summed E-state index contributed by atoms with van der Waals surface area (Å²) in [6.07, 6.45) is 4.33. The molecule has 0 aromatic carbocycles. The number of hydrogen-bond acceptors (Lipinski definition) is 1. The second-order valence-corrected chi connectivity index (χ2v) is 4.15. The summed E-state index contributed by atoms with van der Waals surface area (Å²) in [5.74, 6) is 0.857. The zero-order valence-corrected chi connectivity index (χ0v) is 8.11. The third-order valence-corrected chi connectivity index (χ3v) is 3.30. The molecule has 11 heavy (non-hydrogen) atoms. The minimum atomic E-state index is 0.663. The van der Waals surface area contributed by atoms with E-state index >= 15 is 0 Å². The van der Waals surface area contributed by atoms with Crippen LogP contribution in [0.4, 0.5) is 0 Å². The van der Waals surface area contributed by atoms with Gasteiger partial charge in [0.25, 0.3) is 0 Å². The highest BCUT2D eigenvalue weighted by Crippen LogP contribution is 2.46. The molecule has 1 aliphatic carbocycles. The lowest BCUT2D eigenvalue weighted by Crippen LogP contribution is -2.43. The summed E-state index contributed by atoms with van der Waals surface area (Å²) in [6.45, 7) is 9.26. The highest BCUT2D eigenvalue weighted by atomic mass is 14.9. The van der Waals surface area contributed by atoms with Gasteiger partial charge in [-0.15, -0.1) is 0 Å². The molecule has 66 valence electrons. The molecule has 0 aromatic rings. The first-order chi connectivity index (χ1) is 5.21. The Bertz CT molecular complexity index is 114. The minimum Gasteiger partial charge on any atom is -0.316 e. The Kier molecular flexibility index (Phi) is 2.94. The first-order valence-electron chi connectivity index (χ1n) is 4.92. The molecule has 1 rings (SSSR count). The van der Waals surface area contributed by atoms with Crippen LogP contribution in [0.25, 0.3) is 0 Å². The Labute approximate surface area is 70.6 Å². The molecule has 1 aliphatic rings. The van der Waals surface area contributed by atoms with Gasteiger partial charge in [0.1, 0.15) is 0 Å². The molecule has 1 N–H and O–H groups in total. The fourth-order valence-electron chi connectivity index (χ4n) is 1.96. The zero-order valence-electron chi connectivity index (χ0n) is 8.11. The van der Waals surface area contributed by atoms with Gasteiger partial charge < -0.3 is 5.32 Å². The summed E-state index contributed by atoms with van der Waals surface area (Å²) in [5, 5.41) is 3.47. The quantitative estimate of drug-likeness (QED) is 0.657. The van der Waals surface area contributed by atoms with Crippen molar-refractivity contribution in [1.82, 2.24) is 5.32 Å². The van der Waals surface area contributed by atoms with Gasteiger partial charge >= 0.3 is 0 Å². The second-order valence-electron chi connectivity index (χ2n) is 4.15. The maximum atomic E-state index is 3.47. The summed E-state index contributed by atoms with van der Waals surface area (Å²) in [4.78, 5) is 0. The fraction of sp³-hybridized carbons (Fsp3) is 1.00. The Morgan fingerprint density at radius 3 is 2.27 bits per heavy atom. The SMILES string of the molecule is CCNCC1(C(C)C)CCC1. The van der Waals surface area contributed by atoms with E-state index in [2.05, 4.69) is 26.1 Å². The van der Waals surface area contributed by atoms with Crippen LogP contribution in [0.15, 0.2) is 0 Å². The lowest BCUT2D eigenvalue weighted by molar-refractivity contribution is 0.0687. The van der Waals surface area contributed by atoms with Crippen LogP contribution < -0.4 is 5.32 Å². The van der Waals surface area contributed by atoms with Gasteiger partial charge in [-0.2, -0.15) is 0 Å². The van der Waals surface area contributed by atoms with E-state index in [0.29, 0.717) is 5.41 Å². The molecule has 0 amide bonds. The van der Waals surface area contributed by atoms with Crippen LogP contribution in [-0.2, 0) is 0 Å². The lowest BCUT2D eigenvalue weighted by Gasteiger charge is -2.45. The Morgan fingerprint density at radius 1 is 1.36 bits per heavy atom. The molecular formula is C10H21N. The Hall–Kier alpha value is -0.0400. The van der Waals surface area contributed by atoms with Crippen molar-refractivity contribution < 1.29 is 0 Å². The summed E-state index contributed by atoms with van der Waals surface area (Å²) < 4.78 is 0. The number of hydrogen-bond donors (Lipinski definition) is 1. The summed E-state index contributed by atoms with van der Waals surface area (Å²) in [5.41, 5.74) is 0.663. The highest BCUT2D eigenvalue weighted by molar-refractivity contribution is 4.91. The van der Waals surface area contributed by atoms with Gasteiger partial charge in [0.05, 0.1) is 0 Å². The molecule has 0 unspecified atom stereocenters. The first kappa shape index (κ1) is 9.05. The van der Waals surface area contributed by atoms with Gasteiger partial charge in [-0.25, -0.2) is 0 Å². The van der Waals surface area contributed by atoms with E-state index in [1.807, 2.05) is 0 Å². The van der Waals surface area contributed by atoms with Crippen LogP contribution in [0.1, 0.15) is 40.0 Å². The van der Waals surface area contributed by atoms with Crippen LogP contribution in [0, 0.1) is 11.3 Å². The van der Waals surface area contributed by atoms with Crippen molar-refractivity contribution in [2.24, 2.45) is 11.3 Å². The van der Waals surface area contributed by atoms with Crippen LogP contribution in [0.3, 0.4) is 0 Å². The molecule has 1 nitrogen and oxygen atoms in total. The molecule has 0 aliphatic heterocycles. The van der Waals surface area contributed by atoms with Crippen LogP contribution in [0.2, 0.25) is 0 Å². The third-order valence-electron chi connectivity index (χ3n) is 3.30. The molecule has 0 bridgehead atoms. The van der Waals surface area contributed by atoms with Crippen molar-refractivity contribution in [3.8, 4) is 0 Å². The third kappa shape index (κ3) is 1.76. The van der Waals surface area contributed by atoms with Gasteiger partial charge in [-0.3, -0.25) is 0 Å². The second kappa shape index (κ2) is 3.57. The Balaban J connectivity index is 2.34. The molecule has 0 saturated heterocycles. The minimum absolute atomic E-state index is 0.663. The van der Waals surface area contributed by atoms with Crippen LogP contribution in [-0.4, -0.2) is 13.1 Å². The number of rotatable bonds is 4. The van der Waals surface area contributed by atoms with E-state index < -0.39 is 0 Å². The van der Waals surface area contributed by atoms with Gasteiger partial charge in [-0.1, -0.05) is 27.2 Å². The van der Waals surface area contributed by atoms with Gasteiger partial charge in [0.2, 0.25) is 0 Å². The van der Waals surface area contributed by atoms with E-state index in [1.54, 1.807) is 0 Å². The molecular weight excluding hydrogens is 134 g/mol. The predicted octanol–water partition coefficient (Wildman–Crippen LogP) is 2.42. The van der Waals surface area contributed by atoms with Crippen molar-refractivity contribution in [1.29, 1.82) is 0 Å².